The van der Waals surface area contributed by atoms with Crippen molar-refractivity contribution in [1.82, 2.24) is 9.97 Å². The van der Waals surface area contributed by atoms with Gasteiger partial charge >= 0.3 is 0 Å². The molecule has 0 saturated carbocycles. The van der Waals surface area contributed by atoms with Crippen molar-refractivity contribution in [3.05, 3.63) is 53.9 Å². The highest BCUT2D eigenvalue weighted by atomic mass is 14.8. The summed E-state index contributed by atoms with van der Waals surface area (Å²) in [5, 5.41) is 0. The van der Waals surface area contributed by atoms with Crippen LogP contribution in [0.2, 0.25) is 0 Å². The topological polar surface area (TPSA) is 30.1 Å². The highest BCUT2D eigenvalue weighted by Gasteiger charge is 2.08. The van der Waals surface area contributed by atoms with Gasteiger partial charge in [0.15, 0.2) is 5.69 Å². The summed E-state index contributed by atoms with van der Waals surface area (Å²) in [6, 6.07) is 5.93. The molecule has 17 heavy (non-hydrogen) atoms. The van der Waals surface area contributed by atoms with Crippen molar-refractivity contribution in [2.24, 2.45) is 0 Å². The maximum Gasteiger partial charge on any atom is 0.191 e. The van der Waals surface area contributed by atoms with Crippen LogP contribution in [0.3, 0.4) is 0 Å². The van der Waals surface area contributed by atoms with Crippen molar-refractivity contribution in [2.45, 2.75) is 19.8 Å². The van der Waals surface area contributed by atoms with E-state index in [9.17, 15) is 0 Å². The zero-order chi connectivity index (χ0) is 12.3. The van der Waals surface area contributed by atoms with Crippen molar-refractivity contribution in [2.75, 3.05) is 0 Å². The molecule has 1 heterocycles. The first-order valence-corrected chi connectivity index (χ1v) is 5.49. The lowest BCUT2D eigenvalue weighted by molar-refractivity contribution is 0.871. The summed E-state index contributed by atoms with van der Waals surface area (Å²) >= 11 is 0. The molecule has 1 aromatic carbocycles. The Hall–Kier alpha value is -2.21. The van der Waals surface area contributed by atoms with E-state index in [0.717, 1.165) is 16.7 Å². The van der Waals surface area contributed by atoms with Crippen LogP contribution in [0.1, 0.15) is 25.3 Å². The van der Waals surface area contributed by atoms with Gasteiger partial charge in [-0.3, -0.25) is 0 Å². The van der Waals surface area contributed by atoms with Gasteiger partial charge in [-0.1, -0.05) is 26.0 Å². The molecule has 84 valence electrons. The first kappa shape index (κ1) is 11.3. The summed E-state index contributed by atoms with van der Waals surface area (Å²) in [6.07, 6.45) is 5.01. The molecule has 0 atom stereocenters. The first-order valence-electron chi connectivity index (χ1n) is 5.49. The van der Waals surface area contributed by atoms with Crippen LogP contribution in [-0.4, -0.2) is 9.97 Å². The van der Waals surface area contributed by atoms with Crippen molar-refractivity contribution < 1.29 is 0 Å². The molecule has 0 aliphatic carbocycles. The number of rotatable bonds is 2. The summed E-state index contributed by atoms with van der Waals surface area (Å²) in [4.78, 5) is 11.6. The van der Waals surface area contributed by atoms with Crippen molar-refractivity contribution >= 4 is 5.69 Å². The molecule has 0 N–H and O–H groups in total. The van der Waals surface area contributed by atoms with Crippen molar-refractivity contribution in [3.8, 4) is 11.1 Å². The Labute approximate surface area is 101 Å². The van der Waals surface area contributed by atoms with Gasteiger partial charge in [-0.05, 0) is 23.1 Å². The molecule has 0 radical (unpaired) electrons. The number of benzene rings is 1. The van der Waals surface area contributed by atoms with E-state index < -0.39 is 0 Å². The van der Waals surface area contributed by atoms with E-state index in [1.54, 1.807) is 12.4 Å². The SMILES string of the molecule is [C-]#[N+]c1cc(-c2cncnc2)ccc1C(C)C. The van der Waals surface area contributed by atoms with E-state index in [1.807, 2.05) is 18.2 Å². The minimum atomic E-state index is 0.361. The zero-order valence-corrected chi connectivity index (χ0v) is 9.88. The second kappa shape index (κ2) is 4.75. The molecule has 0 unspecified atom stereocenters. The smallest absolute Gasteiger partial charge is 0.191 e. The minimum absolute atomic E-state index is 0.361. The van der Waals surface area contributed by atoms with E-state index in [0.29, 0.717) is 11.6 Å². The molecule has 2 rings (SSSR count). The lowest BCUT2D eigenvalue weighted by Crippen LogP contribution is -1.89. The summed E-state index contributed by atoms with van der Waals surface area (Å²) < 4.78 is 0. The van der Waals surface area contributed by atoms with Gasteiger partial charge in [-0.15, -0.1) is 0 Å². The molecular weight excluding hydrogens is 210 g/mol. The van der Waals surface area contributed by atoms with Gasteiger partial charge in [0.2, 0.25) is 0 Å². The summed E-state index contributed by atoms with van der Waals surface area (Å²) in [7, 11) is 0. The van der Waals surface area contributed by atoms with Crippen LogP contribution in [0, 0.1) is 6.57 Å². The Morgan fingerprint density at radius 2 is 1.82 bits per heavy atom. The van der Waals surface area contributed by atoms with Crippen LogP contribution < -0.4 is 0 Å². The van der Waals surface area contributed by atoms with Gasteiger partial charge in [0.05, 0.1) is 6.57 Å². The minimum Gasteiger partial charge on any atom is -0.244 e. The van der Waals surface area contributed by atoms with Crippen LogP contribution in [0.25, 0.3) is 16.0 Å². The fraction of sp³-hybridized carbons (Fsp3) is 0.214. The third-order valence-corrected chi connectivity index (χ3v) is 2.67. The maximum atomic E-state index is 7.23. The molecular formula is C14H13N3. The molecule has 0 aliphatic heterocycles. The number of hydrogen-bond acceptors (Lipinski definition) is 2. The normalized spacial score (nSPS) is 10.2. The molecule has 2 aromatic rings. The van der Waals surface area contributed by atoms with E-state index >= 15 is 0 Å². The van der Waals surface area contributed by atoms with Crippen LogP contribution >= 0.6 is 0 Å². The zero-order valence-electron chi connectivity index (χ0n) is 9.88. The van der Waals surface area contributed by atoms with Crippen LogP contribution in [0.4, 0.5) is 5.69 Å². The predicted octanol–water partition coefficient (Wildman–Crippen LogP) is 3.82. The fourth-order valence-electron chi connectivity index (χ4n) is 1.76. The summed E-state index contributed by atoms with van der Waals surface area (Å²) in [5.41, 5.74) is 3.72. The van der Waals surface area contributed by atoms with Gasteiger partial charge in [0.1, 0.15) is 6.33 Å². The monoisotopic (exact) mass is 223 g/mol. The maximum absolute atomic E-state index is 7.23. The molecule has 0 bridgehead atoms. The highest BCUT2D eigenvalue weighted by molar-refractivity contribution is 5.69. The molecule has 0 saturated heterocycles. The molecule has 3 nitrogen and oxygen atoms in total. The third kappa shape index (κ3) is 2.31. The Balaban J connectivity index is 2.50. The Bertz CT molecular complexity index is 553. The summed E-state index contributed by atoms with van der Waals surface area (Å²) in [6.45, 7) is 11.4. The molecule has 1 aromatic heterocycles. The molecule has 0 aliphatic rings. The van der Waals surface area contributed by atoms with Gasteiger partial charge in [0, 0.05) is 18.0 Å². The number of hydrogen-bond donors (Lipinski definition) is 0. The largest absolute Gasteiger partial charge is 0.244 e. The quantitative estimate of drug-likeness (QED) is 0.724. The summed E-state index contributed by atoms with van der Waals surface area (Å²) in [5.74, 6) is 0.361. The molecule has 3 heteroatoms. The van der Waals surface area contributed by atoms with Crippen molar-refractivity contribution in [1.29, 1.82) is 0 Å². The Morgan fingerprint density at radius 3 is 2.41 bits per heavy atom. The van der Waals surface area contributed by atoms with Gasteiger partial charge in [0.25, 0.3) is 0 Å². The van der Waals surface area contributed by atoms with Crippen LogP contribution in [0.15, 0.2) is 36.9 Å². The van der Waals surface area contributed by atoms with E-state index in [-0.39, 0.29) is 0 Å². The number of aromatic nitrogens is 2. The standard InChI is InChI=1S/C14H13N3/c1-10(2)13-5-4-11(6-14(13)15-3)12-7-16-9-17-8-12/h4-10H,1-2H3. The van der Waals surface area contributed by atoms with E-state index in [2.05, 4.69) is 28.7 Å². The Kier molecular flexibility index (Phi) is 3.15. The van der Waals surface area contributed by atoms with E-state index in [4.69, 9.17) is 6.57 Å². The average Bonchev–Trinajstić information content (AvgIpc) is 2.39. The van der Waals surface area contributed by atoms with Crippen LogP contribution in [0.5, 0.6) is 0 Å². The lowest BCUT2D eigenvalue weighted by atomic mass is 9.98. The second-order valence-corrected chi connectivity index (χ2v) is 4.17. The van der Waals surface area contributed by atoms with E-state index in [1.165, 1.54) is 6.33 Å². The van der Waals surface area contributed by atoms with Gasteiger partial charge < -0.3 is 0 Å². The average molecular weight is 223 g/mol. The third-order valence-electron chi connectivity index (χ3n) is 2.67. The van der Waals surface area contributed by atoms with Gasteiger partial charge in [-0.2, -0.15) is 0 Å². The van der Waals surface area contributed by atoms with Gasteiger partial charge in [-0.25, -0.2) is 14.8 Å². The van der Waals surface area contributed by atoms with Crippen LogP contribution in [-0.2, 0) is 0 Å². The lowest BCUT2D eigenvalue weighted by Gasteiger charge is -2.09. The number of nitrogens with zero attached hydrogens (tertiary/aromatic N) is 3. The fourth-order valence-corrected chi connectivity index (χ4v) is 1.76. The predicted molar refractivity (Wildman–Crippen MR) is 67.8 cm³/mol. The molecule has 0 fully saturated rings. The molecule has 0 spiro atoms. The second-order valence-electron chi connectivity index (χ2n) is 4.17. The highest BCUT2D eigenvalue weighted by Crippen LogP contribution is 2.31. The molecule has 0 amide bonds. The Morgan fingerprint density at radius 1 is 1.12 bits per heavy atom. The first-order chi connectivity index (χ1) is 8.22. The van der Waals surface area contributed by atoms with Crippen molar-refractivity contribution in [3.63, 3.8) is 0 Å².